The number of non-ortho nitro benzene ring substituents is 1. The van der Waals surface area contributed by atoms with E-state index in [2.05, 4.69) is 0 Å². The minimum Gasteiger partial charge on any atom is -0.457 e. The van der Waals surface area contributed by atoms with Crippen molar-refractivity contribution in [2.24, 2.45) is 0 Å². The van der Waals surface area contributed by atoms with Gasteiger partial charge in [0.25, 0.3) is 17.5 Å². The number of benzene rings is 3. The molecular formula is C23H16N2O6. The molecule has 4 rings (SSSR count). The molecule has 31 heavy (non-hydrogen) atoms. The number of carbonyl (C=O) groups excluding carboxylic acids is 3. The zero-order valence-electron chi connectivity index (χ0n) is 16.2. The molecule has 0 unspecified atom stereocenters. The van der Waals surface area contributed by atoms with Crippen molar-refractivity contribution in [2.75, 3.05) is 0 Å². The Bertz CT molecular complexity index is 1190. The van der Waals surface area contributed by atoms with Gasteiger partial charge in [-0.2, -0.15) is 0 Å². The molecule has 0 N–H and O–H groups in total. The number of esters is 1. The lowest BCUT2D eigenvalue weighted by atomic mass is 10.1. The van der Waals surface area contributed by atoms with Crippen LogP contribution in [0.5, 0.6) is 0 Å². The molecule has 3 aromatic carbocycles. The third-order valence-electron chi connectivity index (χ3n) is 4.91. The molecule has 0 aliphatic carbocycles. The van der Waals surface area contributed by atoms with Gasteiger partial charge in [0.2, 0.25) is 0 Å². The summed E-state index contributed by atoms with van der Waals surface area (Å²) in [5.74, 6) is -1.54. The molecule has 0 atom stereocenters. The van der Waals surface area contributed by atoms with Crippen LogP contribution in [0.15, 0.2) is 72.8 Å². The Morgan fingerprint density at radius 3 is 2.23 bits per heavy atom. The predicted octanol–water partition coefficient (Wildman–Crippen LogP) is 3.75. The molecule has 0 bridgehead atoms. The average Bonchev–Trinajstić information content (AvgIpc) is 3.02. The second-order valence-corrected chi connectivity index (χ2v) is 6.94. The summed E-state index contributed by atoms with van der Waals surface area (Å²) in [4.78, 5) is 49.1. The zero-order valence-corrected chi connectivity index (χ0v) is 16.2. The highest BCUT2D eigenvalue weighted by Crippen LogP contribution is 2.26. The molecule has 8 heteroatoms. The van der Waals surface area contributed by atoms with E-state index >= 15 is 0 Å². The van der Waals surface area contributed by atoms with Crippen molar-refractivity contribution >= 4 is 23.5 Å². The topological polar surface area (TPSA) is 107 Å². The van der Waals surface area contributed by atoms with Crippen LogP contribution in [0.2, 0.25) is 0 Å². The molecule has 0 aromatic heterocycles. The maximum absolute atomic E-state index is 12.8. The van der Waals surface area contributed by atoms with Crippen LogP contribution in [-0.4, -0.2) is 27.6 Å². The molecule has 8 nitrogen and oxygen atoms in total. The van der Waals surface area contributed by atoms with E-state index in [1.807, 2.05) is 30.3 Å². The number of ether oxygens (including phenoxy) is 1. The molecule has 0 saturated carbocycles. The van der Waals surface area contributed by atoms with Gasteiger partial charge in [0.1, 0.15) is 6.61 Å². The zero-order chi connectivity index (χ0) is 22.0. The number of imide groups is 1. The molecule has 3 aromatic rings. The number of nitro benzene ring substituents is 1. The molecule has 0 radical (unpaired) electrons. The van der Waals surface area contributed by atoms with Gasteiger partial charge in [-0.15, -0.1) is 0 Å². The first-order chi connectivity index (χ1) is 14.9. The van der Waals surface area contributed by atoms with E-state index < -0.39 is 22.7 Å². The number of nitrogens with zero attached hydrogens (tertiary/aromatic N) is 2. The van der Waals surface area contributed by atoms with Gasteiger partial charge in [-0.3, -0.25) is 24.6 Å². The Morgan fingerprint density at radius 1 is 0.871 bits per heavy atom. The molecule has 1 aliphatic heterocycles. The molecule has 154 valence electrons. The van der Waals surface area contributed by atoms with Crippen molar-refractivity contribution in [2.45, 2.75) is 13.2 Å². The van der Waals surface area contributed by atoms with Crippen LogP contribution >= 0.6 is 0 Å². The Kier molecular flexibility index (Phi) is 5.28. The standard InChI is InChI=1S/C23H16N2O6/c26-21-19-11-8-17(23(28)31-14-16-6-9-18(10-7-16)25(29)30)12-20(19)22(27)24(21)13-15-4-2-1-3-5-15/h1-12H,13-14H2. The van der Waals surface area contributed by atoms with E-state index in [1.165, 1.54) is 42.5 Å². The lowest BCUT2D eigenvalue weighted by molar-refractivity contribution is -0.384. The first kappa shape index (κ1) is 20.0. The molecule has 1 heterocycles. The summed E-state index contributed by atoms with van der Waals surface area (Å²) < 4.78 is 5.24. The Balaban J connectivity index is 1.46. The average molecular weight is 416 g/mol. The van der Waals surface area contributed by atoms with Gasteiger partial charge in [-0.1, -0.05) is 30.3 Å². The summed E-state index contributed by atoms with van der Waals surface area (Å²) in [5, 5.41) is 10.7. The summed E-state index contributed by atoms with van der Waals surface area (Å²) >= 11 is 0. The van der Waals surface area contributed by atoms with Crippen molar-refractivity contribution in [3.63, 3.8) is 0 Å². The quantitative estimate of drug-likeness (QED) is 0.262. The second kappa shape index (κ2) is 8.19. The number of fused-ring (bicyclic) bond motifs is 1. The van der Waals surface area contributed by atoms with Crippen molar-refractivity contribution in [3.05, 3.63) is 111 Å². The van der Waals surface area contributed by atoms with Crippen molar-refractivity contribution in [1.82, 2.24) is 4.90 Å². The molecule has 0 spiro atoms. The summed E-state index contributed by atoms with van der Waals surface area (Å²) in [6.07, 6.45) is 0. The van der Waals surface area contributed by atoms with E-state index in [1.54, 1.807) is 0 Å². The third-order valence-corrected chi connectivity index (χ3v) is 4.91. The SMILES string of the molecule is O=C(OCc1ccc([N+](=O)[O-])cc1)c1ccc2c(c1)C(=O)N(Cc1ccccc1)C2=O. The second-order valence-electron chi connectivity index (χ2n) is 6.94. The van der Waals surface area contributed by atoms with Gasteiger partial charge in [0.05, 0.1) is 28.2 Å². The van der Waals surface area contributed by atoms with Gasteiger partial charge in [-0.05, 0) is 41.5 Å². The highest BCUT2D eigenvalue weighted by Gasteiger charge is 2.36. The maximum atomic E-state index is 12.8. The number of amides is 2. The van der Waals surface area contributed by atoms with E-state index in [0.717, 1.165) is 10.5 Å². The van der Waals surface area contributed by atoms with Crippen LogP contribution in [-0.2, 0) is 17.9 Å². The minimum atomic E-state index is -0.664. The molecular weight excluding hydrogens is 400 g/mol. The van der Waals surface area contributed by atoms with Crippen LogP contribution in [0.3, 0.4) is 0 Å². The highest BCUT2D eigenvalue weighted by atomic mass is 16.6. The van der Waals surface area contributed by atoms with Crippen LogP contribution in [0, 0.1) is 10.1 Å². The third kappa shape index (κ3) is 4.04. The van der Waals surface area contributed by atoms with Crippen molar-refractivity contribution in [1.29, 1.82) is 0 Å². The number of hydrogen-bond donors (Lipinski definition) is 0. The monoisotopic (exact) mass is 416 g/mol. The number of hydrogen-bond acceptors (Lipinski definition) is 6. The lowest BCUT2D eigenvalue weighted by Crippen LogP contribution is -2.29. The Hall–Kier alpha value is -4.33. The van der Waals surface area contributed by atoms with Gasteiger partial charge in [0.15, 0.2) is 0 Å². The summed E-state index contributed by atoms with van der Waals surface area (Å²) in [6, 6.07) is 19.0. The fourth-order valence-electron chi connectivity index (χ4n) is 3.27. The fraction of sp³-hybridized carbons (Fsp3) is 0.0870. The largest absolute Gasteiger partial charge is 0.457 e. The predicted molar refractivity (Wildman–Crippen MR) is 109 cm³/mol. The minimum absolute atomic E-state index is 0.0584. The molecule has 2 amide bonds. The molecule has 1 aliphatic rings. The van der Waals surface area contributed by atoms with Crippen molar-refractivity contribution < 1.29 is 24.0 Å². The van der Waals surface area contributed by atoms with Crippen LogP contribution in [0.25, 0.3) is 0 Å². The van der Waals surface area contributed by atoms with E-state index in [9.17, 15) is 24.5 Å². The number of carbonyl (C=O) groups is 3. The summed E-state index contributed by atoms with van der Waals surface area (Å²) in [7, 11) is 0. The van der Waals surface area contributed by atoms with Gasteiger partial charge in [0, 0.05) is 12.1 Å². The smallest absolute Gasteiger partial charge is 0.338 e. The first-order valence-electron chi connectivity index (χ1n) is 9.38. The van der Waals surface area contributed by atoms with E-state index in [-0.39, 0.29) is 35.5 Å². The van der Waals surface area contributed by atoms with Crippen molar-refractivity contribution in [3.8, 4) is 0 Å². The first-order valence-corrected chi connectivity index (χ1v) is 9.38. The highest BCUT2D eigenvalue weighted by molar-refractivity contribution is 6.21. The van der Waals surface area contributed by atoms with Crippen LogP contribution < -0.4 is 0 Å². The number of rotatable bonds is 6. The van der Waals surface area contributed by atoms with Crippen LogP contribution in [0.4, 0.5) is 5.69 Å². The normalized spacial score (nSPS) is 12.6. The van der Waals surface area contributed by atoms with Gasteiger partial charge >= 0.3 is 5.97 Å². The number of nitro groups is 1. The van der Waals surface area contributed by atoms with Gasteiger partial charge in [-0.25, -0.2) is 4.79 Å². The van der Waals surface area contributed by atoms with Gasteiger partial charge < -0.3 is 4.74 Å². The molecule has 0 saturated heterocycles. The Labute approximate surface area is 176 Å². The maximum Gasteiger partial charge on any atom is 0.338 e. The molecule has 0 fully saturated rings. The lowest BCUT2D eigenvalue weighted by Gasteiger charge is -2.13. The summed E-state index contributed by atoms with van der Waals surface area (Å²) in [5.41, 5.74) is 1.89. The fourth-order valence-corrected chi connectivity index (χ4v) is 3.27. The Morgan fingerprint density at radius 2 is 1.55 bits per heavy atom. The van der Waals surface area contributed by atoms with E-state index in [4.69, 9.17) is 4.74 Å². The van der Waals surface area contributed by atoms with Crippen LogP contribution in [0.1, 0.15) is 42.2 Å². The van der Waals surface area contributed by atoms with E-state index in [0.29, 0.717) is 5.56 Å². The summed E-state index contributed by atoms with van der Waals surface area (Å²) in [6.45, 7) is 0.0635.